The van der Waals surface area contributed by atoms with Crippen LogP contribution in [0.4, 0.5) is 10.8 Å². The molecule has 2 heterocycles. The number of nitrogens with one attached hydrogen (secondary N) is 1. The average molecular weight is 399 g/mol. The fourth-order valence-corrected chi connectivity index (χ4v) is 3.24. The first-order valence-corrected chi connectivity index (χ1v) is 8.22. The molecule has 0 spiro atoms. The van der Waals surface area contributed by atoms with E-state index in [4.69, 9.17) is 0 Å². The van der Waals surface area contributed by atoms with E-state index >= 15 is 0 Å². The van der Waals surface area contributed by atoms with Gasteiger partial charge < -0.3 is 22.0 Å². The molecule has 2 aromatic heterocycles. The Morgan fingerprint density at radius 2 is 1.79 bits per heavy atom. The second kappa shape index (κ2) is 7.07. The summed E-state index contributed by atoms with van der Waals surface area (Å²) >= 11 is 1.57. The summed E-state index contributed by atoms with van der Waals surface area (Å²) in [5.74, 6) is 0. The summed E-state index contributed by atoms with van der Waals surface area (Å²) in [4.78, 5) is 3.47. The van der Waals surface area contributed by atoms with Gasteiger partial charge in [0, 0.05) is 34.9 Å². The van der Waals surface area contributed by atoms with Gasteiger partial charge in [-0.15, -0.1) is 5.11 Å². The highest BCUT2D eigenvalue weighted by molar-refractivity contribution is 7.13. The molecule has 0 saturated carbocycles. The quantitative estimate of drug-likeness (QED) is 0.407. The number of aryl methyl sites for hydroxylation is 1. The van der Waals surface area contributed by atoms with Crippen LogP contribution in [0.3, 0.4) is 0 Å². The number of rotatable bonds is 3. The smallest absolute Gasteiger partial charge is 0.317 e. The van der Waals surface area contributed by atoms with Gasteiger partial charge in [-0.2, -0.15) is 0 Å². The summed E-state index contributed by atoms with van der Waals surface area (Å²) in [7, 11) is 1.97. The Balaban J connectivity index is 0.00000169. The molecule has 0 atom stereocenters. The molecule has 120 valence electrons. The highest BCUT2D eigenvalue weighted by Gasteiger charge is 2.13. The van der Waals surface area contributed by atoms with E-state index in [1.165, 1.54) is 0 Å². The van der Waals surface area contributed by atoms with Crippen LogP contribution in [0.25, 0.3) is 22.2 Å². The second-order valence-electron chi connectivity index (χ2n) is 5.26. The van der Waals surface area contributed by atoms with Crippen LogP contribution in [0, 0.1) is 0 Å². The van der Waals surface area contributed by atoms with Gasteiger partial charge in [0.1, 0.15) is 5.69 Å². The molecule has 0 radical (unpaired) electrons. The minimum Gasteiger partial charge on any atom is -1.00 e. The number of benzene rings is 2. The lowest BCUT2D eigenvalue weighted by Gasteiger charge is -1.99. The number of aromatic nitrogens is 2. The molecule has 4 rings (SSSR count). The van der Waals surface area contributed by atoms with Crippen molar-refractivity contribution in [3.8, 4) is 11.3 Å². The Labute approximate surface area is 154 Å². The molecule has 0 aliphatic rings. The van der Waals surface area contributed by atoms with Crippen molar-refractivity contribution in [3.63, 3.8) is 0 Å². The number of nitrogens with zero attached hydrogens (tertiary/aromatic N) is 3. The molecule has 0 saturated heterocycles. The van der Waals surface area contributed by atoms with Gasteiger partial charge in [-0.25, -0.2) is 4.57 Å². The van der Waals surface area contributed by atoms with Crippen LogP contribution in [0.15, 0.2) is 76.4 Å². The zero-order chi connectivity index (χ0) is 15.6. The third kappa shape index (κ3) is 3.02. The van der Waals surface area contributed by atoms with Crippen LogP contribution in [0.5, 0.6) is 0 Å². The summed E-state index contributed by atoms with van der Waals surface area (Å²) in [6, 6.07) is 18.4. The van der Waals surface area contributed by atoms with Crippen LogP contribution in [0.2, 0.25) is 0 Å². The van der Waals surface area contributed by atoms with E-state index in [2.05, 4.69) is 39.5 Å². The number of hydrogen-bond acceptors (Lipinski definition) is 3. The zero-order valence-corrected chi connectivity index (χ0v) is 15.4. The van der Waals surface area contributed by atoms with Gasteiger partial charge >= 0.3 is 5.13 Å². The largest absolute Gasteiger partial charge is 1.00 e. The van der Waals surface area contributed by atoms with Gasteiger partial charge in [0.05, 0.1) is 5.69 Å². The summed E-state index contributed by atoms with van der Waals surface area (Å²) in [5.41, 5.74) is 4.04. The maximum absolute atomic E-state index is 4.56. The van der Waals surface area contributed by atoms with Crippen LogP contribution >= 0.6 is 11.3 Å². The molecule has 0 aliphatic heterocycles. The molecule has 0 fully saturated rings. The van der Waals surface area contributed by atoms with E-state index in [9.17, 15) is 0 Å². The predicted molar refractivity (Wildman–Crippen MR) is 95.6 cm³/mol. The molecule has 4 nitrogen and oxygen atoms in total. The molecule has 2 aromatic carbocycles. The monoisotopic (exact) mass is 398 g/mol. The van der Waals surface area contributed by atoms with Gasteiger partial charge in [0.25, 0.3) is 0 Å². The third-order valence-corrected chi connectivity index (χ3v) is 4.57. The molecule has 0 bridgehead atoms. The SMILES string of the molecule is Cn1ccs[c+]1N=Nc1c(-c2ccccc2)[nH]c2ccccc12.[Br-]. The summed E-state index contributed by atoms with van der Waals surface area (Å²) in [5, 5.41) is 12.9. The number of fused-ring (bicyclic) bond motifs is 1. The lowest BCUT2D eigenvalue weighted by molar-refractivity contribution is -0.00000457. The topological polar surface area (TPSA) is 45.4 Å². The Morgan fingerprint density at radius 3 is 2.54 bits per heavy atom. The van der Waals surface area contributed by atoms with Crippen LogP contribution < -0.4 is 17.0 Å². The molecule has 0 amide bonds. The maximum atomic E-state index is 4.56. The maximum Gasteiger partial charge on any atom is 0.317 e. The number of para-hydroxylation sites is 1. The van der Waals surface area contributed by atoms with E-state index in [1.54, 1.807) is 11.3 Å². The van der Waals surface area contributed by atoms with Crippen molar-refractivity contribution in [2.75, 3.05) is 0 Å². The number of aromatic amines is 1. The van der Waals surface area contributed by atoms with Gasteiger partial charge in [-0.3, -0.25) is 0 Å². The minimum absolute atomic E-state index is 0. The first-order chi connectivity index (χ1) is 11.3. The van der Waals surface area contributed by atoms with Crippen molar-refractivity contribution in [1.82, 2.24) is 9.55 Å². The lowest BCUT2D eigenvalue weighted by Crippen LogP contribution is -3.00. The fourth-order valence-electron chi connectivity index (χ4n) is 2.56. The van der Waals surface area contributed by atoms with E-state index in [-0.39, 0.29) is 17.0 Å². The van der Waals surface area contributed by atoms with Crippen molar-refractivity contribution in [1.29, 1.82) is 0 Å². The normalized spacial score (nSPS) is 11.0. The van der Waals surface area contributed by atoms with Gasteiger partial charge in [0.15, 0.2) is 11.6 Å². The predicted octanol–water partition coefficient (Wildman–Crippen LogP) is 2.94. The Bertz CT molecular complexity index is 989. The Hall–Kier alpha value is -2.31. The van der Waals surface area contributed by atoms with Gasteiger partial charge in [-0.05, 0) is 11.2 Å². The van der Waals surface area contributed by atoms with Crippen molar-refractivity contribution in [2.24, 2.45) is 17.3 Å². The first kappa shape index (κ1) is 16.5. The summed E-state index contributed by atoms with van der Waals surface area (Å²) in [6.07, 6.45) is 1.98. The molecule has 6 heteroatoms. The highest BCUT2D eigenvalue weighted by Crippen LogP contribution is 2.38. The number of H-pyrrole nitrogens is 1. The number of azo groups is 1. The molecule has 0 unspecified atom stereocenters. The van der Waals surface area contributed by atoms with E-state index in [0.29, 0.717) is 0 Å². The zero-order valence-electron chi connectivity index (χ0n) is 13.0. The summed E-state index contributed by atoms with van der Waals surface area (Å²) in [6.45, 7) is 0. The molecule has 0 aliphatic carbocycles. The molecule has 1 N–H and O–H groups in total. The van der Waals surface area contributed by atoms with Crippen molar-refractivity contribution in [2.45, 2.75) is 0 Å². The number of halogens is 1. The average Bonchev–Trinajstić information content (AvgIpc) is 3.17. The second-order valence-corrected chi connectivity index (χ2v) is 6.13. The number of hydrogen-bond donors (Lipinski definition) is 1. The Morgan fingerprint density at radius 1 is 1.04 bits per heavy atom. The van der Waals surface area contributed by atoms with Gasteiger partial charge in [0.2, 0.25) is 0 Å². The summed E-state index contributed by atoms with van der Waals surface area (Å²) < 4.78 is 1.96. The van der Waals surface area contributed by atoms with E-state index in [1.807, 2.05) is 53.5 Å². The molecule has 24 heavy (non-hydrogen) atoms. The fraction of sp³-hybridized carbons (Fsp3) is 0.0556. The standard InChI is InChI=1S/C18H15N4S.BrH/c1-22-11-12-23-18(22)21-20-17-14-9-5-6-10-15(14)19-16(17)13-7-3-2-4-8-13;/h2-12,19H,1H3;1H/q+1;/p-1. The van der Waals surface area contributed by atoms with Crippen molar-refractivity contribution in [3.05, 3.63) is 66.2 Å². The Kier molecular flexibility index (Phi) is 4.87. The molecular formula is C18H15BrN4S. The van der Waals surface area contributed by atoms with E-state index < -0.39 is 0 Å². The first-order valence-electron chi connectivity index (χ1n) is 7.34. The van der Waals surface area contributed by atoms with Crippen molar-refractivity contribution < 1.29 is 17.0 Å². The highest BCUT2D eigenvalue weighted by atomic mass is 79.9. The molecular weight excluding hydrogens is 384 g/mol. The number of thiazole rings is 1. The van der Waals surface area contributed by atoms with Crippen LogP contribution in [-0.4, -0.2) is 9.55 Å². The van der Waals surface area contributed by atoms with Gasteiger partial charge in [-0.1, -0.05) is 48.5 Å². The van der Waals surface area contributed by atoms with E-state index in [0.717, 1.165) is 33.0 Å². The minimum atomic E-state index is 0. The van der Waals surface area contributed by atoms with Crippen LogP contribution in [-0.2, 0) is 7.05 Å². The van der Waals surface area contributed by atoms with Crippen molar-refractivity contribution >= 4 is 33.1 Å². The molecule has 4 aromatic rings. The lowest BCUT2D eigenvalue weighted by atomic mass is 10.1. The van der Waals surface area contributed by atoms with Crippen LogP contribution in [0.1, 0.15) is 0 Å². The third-order valence-electron chi connectivity index (χ3n) is 3.74.